The molecule has 1 aliphatic heterocycles. The van der Waals surface area contributed by atoms with Crippen molar-refractivity contribution in [2.45, 2.75) is 0 Å². The topological polar surface area (TPSA) is 113 Å². The average molecular weight is 426 g/mol. The number of furan rings is 1. The molecule has 0 radical (unpaired) electrons. The number of benzene rings is 2. The van der Waals surface area contributed by atoms with Crippen LogP contribution in [0.25, 0.3) is 33.8 Å². The number of carbonyl (C=O) groups excluding carboxylic acids is 1. The number of carbonyl (C=O) groups is 1. The number of ether oxygens (including phenoxy) is 2. The van der Waals surface area contributed by atoms with Gasteiger partial charge in [-0.15, -0.1) is 5.10 Å². The molecule has 9 heteroatoms. The zero-order valence-corrected chi connectivity index (χ0v) is 16.4. The highest BCUT2D eigenvalue weighted by Gasteiger charge is 2.19. The summed E-state index contributed by atoms with van der Waals surface area (Å²) < 4.78 is 21.6. The summed E-state index contributed by atoms with van der Waals surface area (Å²) in [6.07, 6.45) is 1.50. The lowest BCUT2D eigenvalue weighted by atomic mass is 10.0. The Morgan fingerprint density at radius 1 is 0.938 bits per heavy atom. The first-order valence-electron chi connectivity index (χ1n) is 9.73. The average Bonchev–Trinajstić information content (AvgIpc) is 3.59. The zero-order valence-electron chi connectivity index (χ0n) is 16.4. The second-order valence-corrected chi connectivity index (χ2v) is 6.98. The summed E-state index contributed by atoms with van der Waals surface area (Å²) in [5.74, 6) is 1.50. The van der Waals surface area contributed by atoms with Gasteiger partial charge in [0.25, 0.3) is 11.8 Å². The van der Waals surface area contributed by atoms with Crippen LogP contribution in [-0.4, -0.2) is 27.9 Å². The third-order valence-electron chi connectivity index (χ3n) is 5.01. The molecule has 1 amide bonds. The van der Waals surface area contributed by atoms with Gasteiger partial charge in [-0.3, -0.25) is 10.1 Å². The molecule has 4 heterocycles. The Bertz CT molecular complexity index is 1460. The van der Waals surface area contributed by atoms with E-state index in [1.54, 1.807) is 18.2 Å². The van der Waals surface area contributed by atoms with E-state index < -0.39 is 5.91 Å². The van der Waals surface area contributed by atoms with Gasteiger partial charge in [0.15, 0.2) is 17.3 Å². The van der Waals surface area contributed by atoms with Crippen LogP contribution in [0.1, 0.15) is 10.4 Å². The maximum Gasteiger partial charge on any atom is 0.322 e. The normalized spacial score (nSPS) is 12.2. The molecule has 0 atom stereocenters. The van der Waals surface area contributed by atoms with E-state index in [2.05, 4.69) is 15.5 Å². The number of amides is 1. The standard InChI is InChI=1S/C23H14N4O5/c28-21(25-23-27-26-22(32-23)19-6-3-9-29-19)15-11-17(24-16-5-2-1-4-14(15)16)13-7-8-18-20(10-13)31-12-30-18/h1-11H,12H2,(H,25,27,28). The fourth-order valence-electron chi connectivity index (χ4n) is 3.51. The van der Waals surface area contributed by atoms with Gasteiger partial charge in [-0.05, 0) is 42.5 Å². The van der Waals surface area contributed by atoms with Crippen LogP contribution in [-0.2, 0) is 0 Å². The zero-order chi connectivity index (χ0) is 21.5. The maximum absolute atomic E-state index is 13.2. The van der Waals surface area contributed by atoms with Gasteiger partial charge in [-0.1, -0.05) is 23.3 Å². The van der Waals surface area contributed by atoms with E-state index in [1.807, 2.05) is 42.5 Å². The van der Waals surface area contributed by atoms with Crippen molar-refractivity contribution < 1.29 is 23.1 Å². The van der Waals surface area contributed by atoms with E-state index in [0.29, 0.717) is 39.4 Å². The van der Waals surface area contributed by atoms with E-state index in [1.165, 1.54) is 6.26 Å². The van der Waals surface area contributed by atoms with Crippen molar-refractivity contribution in [2.24, 2.45) is 0 Å². The Morgan fingerprint density at radius 2 is 1.84 bits per heavy atom. The molecule has 156 valence electrons. The smallest absolute Gasteiger partial charge is 0.322 e. The van der Waals surface area contributed by atoms with E-state index in [-0.39, 0.29) is 18.7 Å². The number of anilines is 1. The minimum atomic E-state index is -0.403. The summed E-state index contributed by atoms with van der Waals surface area (Å²) in [5.41, 5.74) is 2.51. The second-order valence-electron chi connectivity index (χ2n) is 6.98. The molecule has 32 heavy (non-hydrogen) atoms. The SMILES string of the molecule is O=C(Nc1nnc(-c2ccco2)o1)c1cc(-c2ccc3c(c2)OCO3)nc2ccccc12. The van der Waals surface area contributed by atoms with Crippen molar-refractivity contribution >= 4 is 22.8 Å². The highest BCUT2D eigenvalue weighted by atomic mass is 16.7. The van der Waals surface area contributed by atoms with Crippen molar-refractivity contribution in [2.75, 3.05) is 12.1 Å². The molecule has 0 spiro atoms. The Hall–Kier alpha value is -4.66. The Labute approximate surface area is 180 Å². The molecule has 5 aromatic rings. The first-order chi connectivity index (χ1) is 15.7. The van der Waals surface area contributed by atoms with Crippen LogP contribution < -0.4 is 14.8 Å². The molecule has 0 saturated heterocycles. The monoisotopic (exact) mass is 426 g/mol. The predicted octanol–water partition coefficient (Wildman–Crippen LogP) is 4.53. The first kappa shape index (κ1) is 18.1. The van der Waals surface area contributed by atoms with Gasteiger partial charge in [0.05, 0.1) is 23.0 Å². The number of rotatable bonds is 4. The van der Waals surface area contributed by atoms with Crippen LogP contribution in [0.4, 0.5) is 6.01 Å². The molecule has 1 N–H and O–H groups in total. The Balaban J connectivity index is 1.38. The minimum Gasteiger partial charge on any atom is -0.459 e. The van der Waals surface area contributed by atoms with Crippen LogP contribution in [0.15, 0.2) is 75.8 Å². The van der Waals surface area contributed by atoms with Gasteiger partial charge in [-0.2, -0.15) is 0 Å². The molecule has 2 aromatic carbocycles. The molecule has 9 nitrogen and oxygen atoms in total. The fourth-order valence-corrected chi connectivity index (χ4v) is 3.51. The van der Waals surface area contributed by atoms with Gasteiger partial charge < -0.3 is 18.3 Å². The number of para-hydroxylation sites is 1. The first-order valence-corrected chi connectivity index (χ1v) is 9.73. The predicted molar refractivity (Wildman–Crippen MR) is 113 cm³/mol. The minimum absolute atomic E-state index is 0.0353. The van der Waals surface area contributed by atoms with Gasteiger partial charge >= 0.3 is 6.01 Å². The van der Waals surface area contributed by atoms with Gasteiger partial charge in [0, 0.05) is 10.9 Å². The Kier molecular flexibility index (Phi) is 4.10. The summed E-state index contributed by atoms with van der Waals surface area (Å²) in [4.78, 5) is 17.9. The van der Waals surface area contributed by atoms with Gasteiger partial charge in [0.2, 0.25) is 6.79 Å². The number of hydrogen-bond donors (Lipinski definition) is 1. The number of aromatic nitrogens is 3. The summed E-state index contributed by atoms with van der Waals surface area (Å²) in [6.45, 7) is 0.182. The highest BCUT2D eigenvalue weighted by Crippen LogP contribution is 2.36. The van der Waals surface area contributed by atoms with Crippen LogP contribution in [0.5, 0.6) is 11.5 Å². The van der Waals surface area contributed by atoms with Gasteiger partial charge in [0.1, 0.15) is 0 Å². The van der Waals surface area contributed by atoms with Gasteiger partial charge in [-0.25, -0.2) is 4.98 Å². The van der Waals surface area contributed by atoms with Crippen LogP contribution in [0, 0.1) is 0 Å². The van der Waals surface area contributed by atoms with Crippen molar-refractivity contribution in [3.05, 3.63) is 72.5 Å². The van der Waals surface area contributed by atoms with Crippen molar-refractivity contribution in [1.82, 2.24) is 15.2 Å². The molecular formula is C23H14N4O5. The molecule has 0 fully saturated rings. The lowest BCUT2D eigenvalue weighted by Crippen LogP contribution is -2.13. The number of fused-ring (bicyclic) bond motifs is 2. The summed E-state index contributed by atoms with van der Waals surface area (Å²) in [6, 6.07) is 18.0. The quantitative estimate of drug-likeness (QED) is 0.446. The van der Waals surface area contributed by atoms with Crippen molar-refractivity contribution in [3.8, 4) is 34.4 Å². The molecular weight excluding hydrogens is 412 g/mol. The highest BCUT2D eigenvalue weighted by molar-refractivity contribution is 6.12. The number of nitrogens with zero attached hydrogens (tertiary/aromatic N) is 3. The largest absolute Gasteiger partial charge is 0.459 e. The lowest BCUT2D eigenvalue weighted by molar-refractivity contribution is 0.102. The molecule has 6 rings (SSSR count). The third-order valence-corrected chi connectivity index (χ3v) is 5.01. The summed E-state index contributed by atoms with van der Waals surface area (Å²) in [7, 11) is 0. The number of nitrogens with one attached hydrogen (secondary N) is 1. The van der Waals surface area contributed by atoms with Crippen LogP contribution in [0.2, 0.25) is 0 Å². The fraction of sp³-hybridized carbons (Fsp3) is 0.0435. The van der Waals surface area contributed by atoms with E-state index in [9.17, 15) is 4.79 Å². The summed E-state index contributed by atoms with van der Waals surface area (Å²) >= 11 is 0. The maximum atomic E-state index is 13.2. The second kappa shape index (κ2) is 7.24. The molecule has 0 aliphatic carbocycles. The molecule has 0 saturated carbocycles. The number of pyridine rings is 1. The van der Waals surface area contributed by atoms with E-state index in [0.717, 1.165) is 5.56 Å². The molecule has 1 aliphatic rings. The Morgan fingerprint density at radius 3 is 2.75 bits per heavy atom. The van der Waals surface area contributed by atoms with Crippen molar-refractivity contribution in [1.29, 1.82) is 0 Å². The van der Waals surface area contributed by atoms with E-state index in [4.69, 9.17) is 23.3 Å². The van der Waals surface area contributed by atoms with E-state index >= 15 is 0 Å². The van der Waals surface area contributed by atoms with Crippen molar-refractivity contribution in [3.63, 3.8) is 0 Å². The molecule has 0 unspecified atom stereocenters. The number of hydrogen-bond acceptors (Lipinski definition) is 8. The molecule has 0 bridgehead atoms. The summed E-state index contributed by atoms with van der Waals surface area (Å²) in [5, 5.41) is 11.1. The lowest BCUT2D eigenvalue weighted by Gasteiger charge is -2.09. The van der Waals surface area contributed by atoms with Crippen LogP contribution >= 0.6 is 0 Å². The third kappa shape index (κ3) is 3.12. The van der Waals surface area contributed by atoms with Crippen LogP contribution in [0.3, 0.4) is 0 Å². The molecule has 3 aromatic heterocycles.